The number of ether oxygens (including phenoxy) is 1. The number of morpholine rings is 1. The molecule has 0 atom stereocenters. The number of nitrogens with zero attached hydrogens (tertiary/aromatic N) is 2. The van der Waals surface area contributed by atoms with Crippen molar-refractivity contribution in [2.45, 2.75) is 0 Å². The van der Waals surface area contributed by atoms with E-state index in [1.165, 1.54) is 0 Å². The zero-order valence-electron chi connectivity index (χ0n) is 17.0. The Kier molecular flexibility index (Phi) is 5.66. The molecule has 162 valence electrons. The van der Waals surface area contributed by atoms with Crippen LogP contribution in [0.4, 0.5) is 11.4 Å². The van der Waals surface area contributed by atoms with E-state index in [0.29, 0.717) is 43.2 Å². The van der Waals surface area contributed by atoms with E-state index in [2.05, 4.69) is 19.8 Å². The predicted molar refractivity (Wildman–Crippen MR) is 121 cm³/mol. The fourth-order valence-corrected chi connectivity index (χ4v) is 4.08. The van der Waals surface area contributed by atoms with Crippen LogP contribution in [0.3, 0.4) is 0 Å². The molecule has 1 aliphatic heterocycles. The molecular weight excluding hydrogens is 418 g/mol. The molecule has 2 aromatic carbocycles. The van der Waals surface area contributed by atoms with Crippen molar-refractivity contribution in [1.29, 1.82) is 0 Å². The summed E-state index contributed by atoms with van der Waals surface area (Å²) in [6.07, 6.45) is 4.75. The number of hydrogen-bond acceptors (Lipinski definition) is 6. The number of amides is 1. The third kappa shape index (κ3) is 4.86. The summed E-state index contributed by atoms with van der Waals surface area (Å²) in [5.41, 5.74) is 9.25. The number of aromatic amines is 1. The summed E-state index contributed by atoms with van der Waals surface area (Å²) >= 11 is 0. The van der Waals surface area contributed by atoms with E-state index >= 15 is 0 Å². The van der Waals surface area contributed by atoms with E-state index in [0.717, 1.165) is 28.4 Å². The number of carbonyl (C=O) groups excluding carboxylic acids is 1. The molecule has 1 aromatic heterocycles. The fourth-order valence-electron chi connectivity index (χ4n) is 3.52. The number of nitrogens with two attached hydrogens (primary N) is 1. The number of anilines is 2. The minimum Gasteiger partial charge on any atom is -0.378 e. The SMILES string of the molecule is CS(=O)(=O)Nc1cc2c(C=Cc3cccc(C(N)=O)c3)n[nH]c2cc1N1CCOCC1. The molecule has 1 fully saturated rings. The maximum absolute atomic E-state index is 12.0. The average Bonchev–Trinajstić information content (AvgIpc) is 3.13. The van der Waals surface area contributed by atoms with Gasteiger partial charge in [-0.05, 0) is 35.9 Å². The minimum absolute atomic E-state index is 0.420. The van der Waals surface area contributed by atoms with Crippen molar-refractivity contribution in [2.24, 2.45) is 5.73 Å². The maximum Gasteiger partial charge on any atom is 0.248 e. The summed E-state index contributed by atoms with van der Waals surface area (Å²) in [5, 5.41) is 8.15. The topological polar surface area (TPSA) is 130 Å². The second-order valence-electron chi connectivity index (χ2n) is 7.32. The van der Waals surface area contributed by atoms with Gasteiger partial charge in [0, 0.05) is 24.0 Å². The van der Waals surface area contributed by atoms with E-state index in [1.807, 2.05) is 18.2 Å². The number of sulfonamides is 1. The smallest absolute Gasteiger partial charge is 0.248 e. The van der Waals surface area contributed by atoms with Crippen molar-refractivity contribution in [3.63, 3.8) is 0 Å². The summed E-state index contributed by atoms with van der Waals surface area (Å²) in [7, 11) is -3.47. The van der Waals surface area contributed by atoms with Crippen LogP contribution < -0.4 is 15.4 Å². The summed E-state index contributed by atoms with van der Waals surface area (Å²) in [6.45, 7) is 2.50. The summed E-state index contributed by atoms with van der Waals surface area (Å²) < 4.78 is 32.0. The first-order chi connectivity index (χ1) is 14.8. The van der Waals surface area contributed by atoms with Gasteiger partial charge in [-0.25, -0.2) is 8.42 Å². The van der Waals surface area contributed by atoms with E-state index < -0.39 is 15.9 Å². The van der Waals surface area contributed by atoms with Crippen LogP contribution in [0.2, 0.25) is 0 Å². The Morgan fingerprint density at radius 3 is 2.71 bits per heavy atom. The molecule has 1 saturated heterocycles. The lowest BCUT2D eigenvalue weighted by Crippen LogP contribution is -2.36. The summed E-state index contributed by atoms with van der Waals surface area (Å²) in [5.74, 6) is -0.493. The third-order valence-corrected chi connectivity index (χ3v) is 5.55. The van der Waals surface area contributed by atoms with Gasteiger partial charge in [-0.1, -0.05) is 18.2 Å². The van der Waals surface area contributed by atoms with Gasteiger partial charge in [0.25, 0.3) is 0 Å². The fraction of sp³-hybridized carbons (Fsp3) is 0.238. The molecule has 0 unspecified atom stereocenters. The lowest BCUT2D eigenvalue weighted by Gasteiger charge is -2.30. The Labute approximate surface area is 179 Å². The number of hydrogen-bond donors (Lipinski definition) is 3. The molecule has 0 radical (unpaired) electrons. The first kappa shape index (κ1) is 20.9. The monoisotopic (exact) mass is 441 g/mol. The normalized spacial score (nSPS) is 14.9. The lowest BCUT2D eigenvalue weighted by molar-refractivity contribution is 0.1000. The average molecular weight is 442 g/mol. The largest absolute Gasteiger partial charge is 0.378 e. The Bertz CT molecular complexity index is 1260. The molecule has 31 heavy (non-hydrogen) atoms. The molecule has 0 aliphatic carbocycles. The highest BCUT2D eigenvalue weighted by Gasteiger charge is 2.19. The summed E-state index contributed by atoms with van der Waals surface area (Å²) in [6, 6.07) is 10.6. The number of aromatic nitrogens is 2. The van der Waals surface area contributed by atoms with Gasteiger partial charge >= 0.3 is 0 Å². The van der Waals surface area contributed by atoms with Gasteiger partial charge in [0.1, 0.15) is 0 Å². The van der Waals surface area contributed by atoms with Crippen molar-refractivity contribution < 1.29 is 17.9 Å². The highest BCUT2D eigenvalue weighted by molar-refractivity contribution is 7.92. The van der Waals surface area contributed by atoms with E-state index in [9.17, 15) is 13.2 Å². The molecule has 1 aliphatic rings. The van der Waals surface area contributed by atoms with Gasteiger partial charge in [0.15, 0.2) is 0 Å². The zero-order chi connectivity index (χ0) is 22.0. The van der Waals surface area contributed by atoms with Crippen molar-refractivity contribution >= 4 is 50.4 Å². The second-order valence-corrected chi connectivity index (χ2v) is 9.07. The zero-order valence-corrected chi connectivity index (χ0v) is 17.8. The molecule has 9 nitrogen and oxygen atoms in total. The summed E-state index contributed by atoms with van der Waals surface area (Å²) in [4.78, 5) is 13.5. The Balaban J connectivity index is 1.73. The van der Waals surface area contributed by atoms with Gasteiger partial charge in [0.05, 0.1) is 42.1 Å². The van der Waals surface area contributed by atoms with Crippen LogP contribution in [-0.2, 0) is 14.8 Å². The number of carbonyl (C=O) groups is 1. The molecule has 0 spiro atoms. The highest BCUT2D eigenvalue weighted by atomic mass is 32.2. The molecule has 10 heteroatoms. The standard InChI is InChI=1S/C21H23N5O4S/c1-31(28,29)25-19-12-16-17(6-5-14-3-2-4-15(11-14)21(22)27)23-24-18(16)13-20(19)26-7-9-30-10-8-26/h2-6,11-13,25H,7-10H2,1H3,(H2,22,27)(H,23,24). The minimum atomic E-state index is -3.47. The first-order valence-corrected chi connectivity index (χ1v) is 11.6. The number of fused-ring (bicyclic) bond motifs is 1. The Morgan fingerprint density at radius 2 is 2.00 bits per heavy atom. The third-order valence-electron chi connectivity index (χ3n) is 4.96. The van der Waals surface area contributed by atoms with Crippen molar-refractivity contribution in [2.75, 3.05) is 42.2 Å². The number of H-pyrrole nitrogens is 1. The van der Waals surface area contributed by atoms with Crippen LogP contribution >= 0.6 is 0 Å². The van der Waals surface area contributed by atoms with E-state index in [1.54, 1.807) is 30.3 Å². The van der Waals surface area contributed by atoms with Gasteiger partial charge in [0.2, 0.25) is 15.9 Å². The van der Waals surface area contributed by atoms with Crippen LogP contribution in [0.1, 0.15) is 21.6 Å². The Hall–Kier alpha value is -3.37. The molecule has 2 heterocycles. The van der Waals surface area contributed by atoms with Crippen molar-refractivity contribution in [1.82, 2.24) is 10.2 Å². The van der Waals surface area contributed by atoms with E-state index in [4.69, 9.17) is 10.5 Å². The van der Waals surface area contributed by atoms with Crippen molar-refractivity contribution in [3.8, 4) is 0 Å². The van der Waals surface area contributed by atoms with Crippen LogP contribution in [0.25, 0.3) is 23.1 Å². The van der Waals surface area contributed by atoms with Crippen LogP contribution in [0.15, 0.2) is 36.4 Å². The molecule has 3 aromatic rings. The number of rotatable bonds is 6. The first-order valence-electron chi connectivity index (χ1n) is 9.71. The van der Waals surface area contributed by atoms with Gasteiger partial charge in [-0.15, -0.1) is 0 Å². The predicted octanol–water partition coefficient (Wildman–Crippen LogP) is 2.04. The number of benzene rings is 2. The van der Waals surface area contributed by atoms with Gasteiger partial charge in [-0.3, -0.25) is 14.6 Å². The van der Waals surface area contributed by atoms with Crippen molar-refractivity contribution in [3.05, 3.63) is 53.2 Å². The van der Waals surface area contributed by atoms with E-state index in [-0.39, 0.29) is 0 Å². The molecule has 4 N–H and O–H groups in total. The number of nitrogens with one attached hydrogen (secondary N) is 2. The molecule has 4 rings (SSSR count). The van der Waals surface area contributed by atoms with Crippen LogP contribution in [-0.4, -0.2) is 57.1 Å². The van der Waals surface area contributed by atoms with Gasteiger partial charge < -0.3 is 15.4 Å². The Morgan fingerprint density at radius 1 is 1.23 bits per heavy atom. The molecule has 1 amide bonds. The second kappa shape index (κ2) is 8.40. The molecular formula is C21H23N5O4S. The quantitative estimate of drug-likeness (QED) is 0.537. The molecule has 0 bridgehead atoms. The lowest BCUT2D eigenvalue weighted by atomic mass is 10.1. The molecule has 0 saturated carbocycles. The maximum atomic E-state index is 12.0. The van der Waals surface area contributed by atoms with Crippen LogP contribution in [0, 0.1) is 0 Å². The van der Waals surface area contributed by atoms with Crippen LogP contribution in [0.5, 0.6) is 0 Å². The van der Waals surface area contributed by atoms with Gasteiger partial charge in [-0.2, -0.15) is 5.10 Å². The highest BCUT2D eigenvalue weighted by Crippen LogP contribution is 2.33. The number of primary amides is 1.